The first kappa shape index (κ1) is 20.2. The number of nitrogens with two attached hydrogens (primary N) is 1. The molecule has 5 N–H and O–H groups in total. The highest BCUT2D eigenvalue weighted by atomic mass is 19.1. The van der Waals surface area contributed by atoms with Gasteiger partial charge in [-0.05, 0) is 36.4 Å². The van der Waals surface area contributed by atoms with Crippen LogP contribution < -0.4 is 11.1 Å². The highest BCUT2D eigenvalue weighted by Crippen LogP contribution is 2.37. The number of benzene rings is 2. The molecule has 8 heteroatoms. The van der Waals surface area contributed by atoms with E-state index in [1.807, 2.05) is 4.90 Å². The first-order valence-electron chi connectivity index (χ1n) is 10.3. The van der Waals surface area contributed by atoms with Gasteiger partial charge in [0, 0.05) is 42.3 Å². The third-order valence-electron chi connectivity index (χ3n) is 6.30. The van der Waals surface area contributed by atoms with Crippen molar-refractivity contribution in [3.63, 3.8) is 0 Å². The summed E-state index contributed by atoms with van der Waals surface area (Å²) >= 11 is 0. The van der Waals surface area contributed by atoms with Crippen molar-refractivity contribution < 1.29 is 13.9 Å². The Morgan fingerprint density at radius 2 is 1.97 bits per heavy atom. The number of likely N-dealkylation sites (tertiary alicyclic amines) is 1. The van der Waals surface area contributed by atoms with Crippen LogP contribution in [-0.4, -0.2) is 46.0 Å². The van der Waals surface area contributed by atoms with Gasteiger partial charge >= 0.3 is 0 Å². The van der Waals surface area contributed by atoms with Crippen molar-refractivity contribution in [1.29, 1.82) is 5.41 Å². The van der Waals surface area contributed by atoms with Crippen LogP contribution in [0.4, 0.5) is 14.5 Å². The molecule has 2 saturated heterocycles. The second kappa shape index (κ2) is 7.46. The normalized spacial score (nSPS) is 19.8. The van der Waals surface area contributed by atoms with Crippen molar-refractivity contribution in [3.05, 3.63) is 53.2 Å². The number of phenols is 1. The van der Waals surface area contributed by atoms with Crippen LogP contribution in [0.2, 0.25) is 0 Å². The number of rotatable bonds is 2. The van der Waals surface area contributed by atoms with Crippen molar-refractivity contribution in [2.45, 2.75) is 24.9 Å². The van der Waals surface area contributed by atoms with Crippen molar-refractivity contribution in [2.24, 2.45) is 0 Å². The van der Waals surface area contributed by atoms with Crippen LogP contribution in [0.5, 0.6) is 5.75 Å². The number of hydrogen-bond acceptors (Lipinski definition) is 5. The van der Waals surface area contributed by atoms with Gasteiger partial charge in [0.05, 0.1) is 16.8 Å². The molecule has 2 aliphatic rings. The standard InChI is InChI=1S/C24H21F2N5O/c1-2-16-19(25)6-3-12-7-15(32)8-17(20(12)16)23-21(26)22(27)18(9-29-23)24(28)31-10-13-4-5-14(11-31)30-13/h1,3,6-9,13-14,28,30,32H,4-5,10-11H2,(H2,27,29). The zero-order valence-electron chi connectivity index (χ0n) is 17.1. The molecule has 3 aromatic rings. The van der Waals surface area contributed by atoms with Crippen molar-refractivity contribution >= 4 is 22.3 Å². The van der Waals surface area contributed by atoms with E-state index in [9.17, 15) is 9.50 Å². The zero-order chi connectivity index (χ0) is 22.6. The van der Waals surface area contributed by atoms with E-state index in [1.165, 1.54) is 30.5 Å². The number of piperazine rings is 1. The molecule has 3 heterocycles. The predicted octanol–water partition coefficient (Wildman–Crippen LogP) is 3.21. The van der Waals surface area contributed by atoms with Crippen LogP contribution in [0.25, 0.3) is 22.0 Å². The van der Waals surface area contributed by atoms with Gasteiger partial charge in [-0.2, -0.15) is 0 Å². The molecule has 6 nitrogen and oxygen atoms in total. The number of terminal acetylenes is 1. The van der Waals surface area contributed by atoms with Crippen molar-refractivity contribution in [1.82, 2.24) is 15.2 Å². The quantitative estimate of drug-likeness (QED) is 0.283. The van der Waals surface area contributed by atoms with Crippen LogP contribution in [0.15, 0.2) is 30.5 Å². The zero-order valence-corrected chi connectivity index (χ0v) is 17.1. The van der Waals surface area contributed by atoms with Gasteiger partial charge in [-0.25, -0.2) is 8.78 Å². The number of hydrogen-bond donors (Lipinski definition) is 4. The van der Waals surface area contributed by atoms with E-state index in [2.05, 4.69) is 16.2 Å². The van der Waals surface area contributed by atoms with Gasteiger partial charge < -0.3 is 21.1 Å². The Bertz CT molecular complexity index is 1300. The van der Waals surface area contributed by atoms with Gasteiger partial charge in [0.15, 0.2) is 5.82 Å². The number of halogens is 2. The van der Waals surface area contributed by atoms with E-state index in [-0.39, 0.29) is 45.0 Å². The summed E-state index contributed by atoms with van der Waals surface area (Å²) in [6.07, 6.45) is 8.96. The van der Waals surface area contributed by atoms with Crippen LogP contribution in [0.3, 0.4) is 0 Å². The third-order valence-corrected chi connectivity index (χ3v) is 6.30. The molecule has 5 rings (SSSR count). The Morgan fingerprint density at radius 1 is 1.25 bits per heavy atom. The number of nitrogens with one attached hydrogen (secondary N) is 2. The maximum Gasteiger partial charge on any atom is 0.173 e. The molecule has 162 valence electrons. The number of pyridine rings is 1. The molecule has 2 atom stereocenters. The monoisotopic (exact) mass is 433 g/mol. The smallest absolute Gasteiger partial charge is 0.173 e. The van der Waals surface area contributed by atoms with Crippen LogP contribution in [0.1, 0.15) is 24.0 Å². The Kier molecular flexibility index (Phi) is 4.72. The molecule has 1 aromatic heterocycles. The molecule has 0 aliphatic carbocycles. The molecular weight excluding hydrogens is 412 g/mol. The summed E-state index contributed by atoms with van der Waals surface area (Å²) in [5.74, 6) is 0.805. The first-order valence-corrected chi connectivity index (χ1v) is 10.3. The van der Waals surface area contributed by atoms with Gasteiger partial charge in [0.1, 0.15) is 23.1 Å². The van der Waals surface area contributed by atoms with E-state index in [0.717, 1.165) is 12.8 Å². The topological polar surface area (TPSA) is 98.3 Å². The summed E-state index contributed by atoms with van der Waals surface area (Å²) in [5.41, 5.74) is 6.01. The fraction of sp³-hybridized carbons (Fsp3) is 0.250. The Labute approximate surface area is 183 Å². The molecule has 0 amide bonds. The lowest BCUT2D eigenvalue weighted by Gasteiger charge is -2.34. The summed E-state index contributed by atoms with van der Waals surface area (Å²) in [6, 6.07) is 5.98. The number of aromatic nitrogens is 1. The van der Waals surface area contributed by atoms with Gasteiger partial charge in [0.2, 0.25) is 0 Å². The average molecular weight is 433 g/mol. The van der Waals surface area contributed by atoms with Crippen LogP contribution >= 0.6 is 0 Å². The summed E-state index contributed by atoms with van der Waals surface area (Å²) in [4.78, 5) is 6.12. The van der Waals surface area contributed by atoms with E-state index in [4.69, 9.17) is 17.6 Å². The summed E-state index contributed by atoms with van der Waals surface area (Å²) in [7, 11) is 0. The van der Waals surface area contributed by atoms with E-state index >= 15 is 4.39 Å². The molecular formula is C24H21F2N5O. The first-order chi connectivity index (χ1) is 15.4. The molecule has 2 unspecified atom stereocenters. The van der Waals surface area contributed by atoms with E-state index in [1.54, 1.807) is 0 Å². The molecule has 2 fully saturated rings. The number of aromatic hydroxyl groups is 1. The van der Waals surface area contributed by atoms with Crippen LogP contribution in [-0.2, 0) is 0 Å². The molecule has 2 bridgehead atoms. The maximum atomic E-state index is 15.5. The molecule has 0 radical (unpaired) electrons. The maximum absolute atomic E-state index is 15.5. The minimum Gasteiger partial charge on any atom is -0.508 e. The van der Waals surface area contributed by atoms with Gasteiger partial charge in [-0.15, -0.1) is 6.42 Å². The third kappa shape index (κ3) is 3.13. The largest absolute Gasteiger partial charge is 0.508 e. The SMILES string of the molecule is C#Cc1c(F)ccc2cc(O)cc(-c3ncc(C(=N)N4CC5CCC(C4)N5)c(N)c3F)c12. The van der Waals surface area contributed by atoms with Crippen molar-refractivity contribution in [3.8, 4) is 29.4 Å². The highest BCUT2D eigenvalue weighted by molar-refractivity contribution is 6.04. The Balaban J connectivity index is 1.62. The number of nitrogens with zero attached hydrogens (tertiary/aromatic N) is 2. The summed E-state index contributed by atoms with van der Waals surface area (Å²) in [6.45, 7) is 1.31. The lowest BCUT2D eigenvalue weighted by molar-refractivity contribution is 0.288. The van der Waals surface area contributed by atoms with Gasteiger partial charge in [-0.3, -0.25) is 10.4 Å². The second-order valence-corrected chi connectivity index (χ2v) is 8.30. The van der Waals surface area contributed by atoms with Crippen molar-refractivity contribution in [2.75, 3.05) is 18.8 Å². The van der Waals surface area contributed by atoms with Gasteiger partial charge in [-0.1, -0.05) is 12.0 Å². The Morgan fingerprint density at radius 3 is 2.66 bits per heavy atom. The minimum absolute atomic E-state index is 0.0506. The lowest BCUT2D eigenvalue weighted by Crippen LogP contribution is -2.53. The van der Waals surface area contributed by atoms with E-state index in [0.29, 0.717) is 30.6 Å². The highest BCUT2D eigenvalue weighted by Gasteiger charge is 2.34. The molecule has 0 spiro atoms. The molecule has 32 heavy (non-hydrogen) atoms. The fourth-order valence-corrected chi connectivity index (χ4v) is 4.78. The fourth-order valence-electron chi connectivity index (χ4n) is 4.78. The van der Waals surface area contributed by atoms with E-state index < -0.39 is 11.6 Å². The minimum atomic E-state index is -0.843. The second-order valence-electron chi connectivity index (χ2n) is 8.30. The summed E-state index contributed by atoms with van der Waals surface area (Å²) < 4.78 is 29.9. The predicted molar refractivity (Wildman–Crippen MR) is 119 cm³/mol. The number of anilines is 1. The lowest BCUT2D eigenvalue weighted by atomic mass is 9.95. The molecule has 0 saturated carbocycles. The number of phenolic OH excluding ortho intramolecular Hbond substituents is 1. The number of nitrogen functional groups attached to an aromatic ring is 1. The number of amidine groups is 1. The number of fused-ring (bicyclic) bond motifs is 3. The Hall–Kier alpha value is -3.70. The van der Waals surface area contributed by atoms with Crippen LogP contribution in [0, 0.1) is 29.4 Å². The average Bonchev–Trinajstić information content (AvgIpc) is 3.12. The molecule has 2 aromatic carbocycles. The summed E-state index contributed by atoms with van der Waals surface area (Å²) in [5, 5.41) is 23.0. The van der Waals surface area contributed by atoms with Gasteiger partial charge in [0.25, 0.3) is 0 Å². The molecule has 2 aliphatic heterocycles.